The van der Waals surface area contributed by atoms with E-state index in [1.807, 2.05) is 33.8 Å². The number of nitrogens with one attached hydrogen (secondary N) is 2. The van der Waals surface area contributed by atoms with Crippen molar-refractivity contribution in [3.8, 4) is 0 Å². The number of nitrogens with zero attached hydrogens (tertiary/aromatic N) is 1. The van der Waals surface area contributed by atoms with Gasteiger partial charge in [0, 0.05) is 24.3 Å². The summed E-state index contributed by atoms with van der Waals surface area (Å²) in [5.41, 5.74) is 0.567. The molecule has 0 heterocycles. The van der Waals surface area contributed by atoms with Crippen LogP contribution in [0.25, 0.3) is 0 Å². The zero-order valence-corrected chi connectivity index (χ0v) is 19.3. The minimum Gasteiger partial charge on any atom is -0.357 e. The van der Waals surface area contributed by atoms with Crippen molar-refractivity contribution in [3.63, 3.8) is 0 Å². The average Bonchev–Trinajstić information content (AvgIpc) is 2.50. The van der Waals surface area contributed by atoms with E-state index in [4.69, 9.17) is 0 Å². The Labute approximate surface area is 174 Å². The Hall–Kier alpha value is -0.900. The molecule has 1 rings (SSSR count). The fourth-order valence-corrected chi connectivity index (χ4v) is 3.08. The van der Waals surface area contributed by atoms with Gasteiger partial charge in [0.25, 0.3) is 0 Å². The summed E-state index contributed by atoms with van der Waals surface area (Å²) >= 11 is 0. The van der Waals surface area contributed by atoms with E-state index < -0.39 is 9.84 Å². The van der Waals surface area contributed by atoms with Crippen molar-refractivity contribution < 1.29 is 12.8 Å². The predicted molar refractivity (Wildman–Crippen MR) is 118 cm³/mol. The Morgan fingerprint density at radius 2 is 2.00 bits per heavy atom. The van der Waals surface area contributed by atoms with Crippen molar-refractivity contribution in [1.82, 2.24) is 10.6 Å². The highest BCUT2D eigenvalue weighted by Crippen LogP contribution is 2.24. The summed E-state index contributed by atoms with van der Waals surface area (Å²) in [6, 6.07) is 6.54. The number of benzene rings is 1. The second-order valence-corrected chi connectivity index (χ2v) is 9.31. The highest BCUT2D eigenvalue weighted by molar-refractivity contribution is 14.0. The molecule has 0 aliphatic rings. The van der Waals surface area contributed by atoms with Crippen molar-refractivity contribution in [3.05, 3.63) is 35.6 Å². The summed E-state index contributed by atoms with van der Waals surface area (Å²) in [5, 5.41) is 6.39. The van der Waals surface area contributed by atoms with Gasteiger partial charge in [-0.05, 0) is 38.0 Å². The van der Waals surface area contributed by atoms with Gasteiger partial charge < -0.3 is 10.6 Å². The smallest absolute Gasteiger partial charge is 0.191 e. The molecule has 5 nitrogen and oxygen atoms in total. The lowest BCUT2D eigenvalue weighted by Gasteiger charge is -2.24. The molecule has 0 aliphatic carbocycles. The standard InChI is InChI=1S/C18H30FN3O2S.HI/c1-6-20-17(22-14(2)10-11-25(5,23)24)21-13-18(3,4)15-8-7-9-16(19)12-15;/h7-9,12,14H,6,10-11,13H2,1-5H3,(H2,20,21,22);1H. The minimum absolute atomic E-state index is 0. The molecule has 1 unspecified atom stereocenters. The largest absolute Gasteiger partial charge is 0.357 e. The van der Waals surface area contributed by atoms with E-state index >= 15 is 0 Å². The molecule has 1 atom stereocenters. The van der Waals surface area contributed by atoms with Gasteiger partial charge in [0.2, 0.25) is 0 Å². The van der Waals surface area contributed by atoms with Crippen molar-refractivity contribution in [2.45, 2.75) is 45.6 Å². The first-order valence-corrected chi connectivity index (χ1v) is 10.6. The molecule has 0 fully saturated rings. The minimum atomic E-state index is -2.98. The Morgan fingerprint density at radius 1 is 1.35 bits per heavy atom. The lowest BCUT2D eigenvalue weighted by Crippen LogP contribution is -2.43. The summed E-state index contributed by atoms with van der Waals surface area (Å²) in [7, 11) is -2.98. The quantitative estimate of drug-likeness (QED) is 0.328. The van der Waals surface area contributed by atoms with E-state index in [0.29, 0.717) is 25.5 Å². The first-order valence-electron chi connectivity index (χ1n) is 8.52. The number of aliphatic imine (C=N–C) groups is 1. The van der Waals surface area contributed by atoms with Gasteiger partial charge in [-0.1, -0.05) is 26.0 Å². The summed E-state index contributed by atoms with van der Waals surface area (Å²) in [4.78, 5) is 4.60. The normalized spacial score (nSPS) is 13.7. The number of guanidine groups is 1. The van der Waals surface area contributed by atoms with Crippen LogP contribution >= 0.6 is 24.0 Å². The summed E-state index contributed by atoms with van der Waals surface area (Å²) in [5.74, 6) is 0.511. The Morgan fingerprint density at radius 3 is 2.54 bits per heavy atom. The lowest BCUT2D eigenvalue weighted by atomic mass is 9.85. The van der Waals surface area contributed by atoms with Gasteiger partial charge >= 0.3 is 0 Å². The van der Waals surface area contributed by atoms with Gasteiger partial charge in [0.05, 0.1) is 12.3 Å². The first-order chi connectivity index (χ1) is 11.5. The van der Waals surface area contributed by atoms with Gasteiger partial charge in [-0.25, -0.2) is 12.8 Å². The third-order valence-electron chi connectivity index (χ3n) is 3.89. The number of halogens is 2. The monoisotopic (exact) mass is 499 g/mol. The van der Waals surface area contributed by atoms with E-state index in [0.717, 1.165) is 5.56 Å². The van der Waals surface area contributed by atoms with Crippen molar-refractivity contribution in [2.75, 3.05) is 25.1 Å². The molecule has 1 aromatic carbocycles. The van der Waals surface area contributed by atoms with Gasteiger partial charge in [-0.2, -0.15) is 0 Å². The van der Waals surface area contributed by atoms with Crippen LogP contribution in [0.15, 0.2) is 29.3 Å². The molecular weight excluding hydrogens is 468 g/mol. The van der Waals surface area contributed by atoms with Gasteiger partial charge in [0.15, 0.2) is 5.96 Å². The van der Waals surface area contributed by atoms with Crippen molar-refractivity contribution >= 4 is 39.8 Å². The molecule has 0 spiro atoms. The maximum Gasteiger partial charge on any atom is 0.191 e. The van der Waals surface area contributed by atoms with Crippen LogP contribution in [0.4, 0.5) is 4.39 Å². The second kappa shape index (κ2) is 11.1. The summed E-state index contributed by atoms with van der Waals surface area (Å²) in [6.45, 7) is 9.10. The summed E-state index contributed by atoms with van der Waals surface area (Å²) in [6.07, 6.45) is 1.75. The van der Waals surface area contributed by atoms with Gasteiger partial charge in [-0.15, -0.1) is 24.0 Å². The third kappa shape index (κ3) is 9.70. The van der Waals surface area contributed by atoms with Crippen molar-refractivity contribution in [1.29, 1.82) is 0 Å². The number of sulfone groups is 1. The molecule has 150 valence electrons. The van der Waals surface area contributed by atoms with E-state index in [2.05, 4.69) is 15.6 Å². The molecule has 1 aromatic rings. The lowest BCUT2D eigenvalue weighted by molar-refractivity contribution is 0.526. The molecule has 0 radical (unpaired) electrons. The van der Waals surface area contributed by atoms with Crippen LogP contribution in [0.2, 0.25) is 0 Å². The van der Waals surface area contributed by atoms with Gasteiger partial charge in [-0.3, -0.25) is 4.99 Å². The number of hydrogen-bond acceptors (Lipinski definition) is 3. The zero-order chi connectivity index (χ0) is 19.1. The topological polar surface area (TPSA) is 70.6 Å². The molecular formula is C18H31FIN3O2S. The van der Waals surface area contributed by atoms with Crippen LogP contribution in [0.1, 0.15) is 39.7 Å². The Kier molecular flexibility index (Phi) is 10.7. The second-order valence-electron chi connectivity index (χ2n) is 7.05. The van der Waals surface area contributed by atoms with Crippen LogP contribution in [0.5, 0.6) is 0 Å². The fraction of sp³-hybridized carbons (Fsp3) is 0.611. The Balaban J connectivity index is 0.00000625. The molecule has 8 heteroatoms. The molecule has 0 aromatic heterocycles. The molecule has 0 aliphatic heterocycles. The van der Waals surface area contributed by atoms with Crippen LogP contribution in [0, 0.1) is 5.82 Å². The first kappa shape index (κ1) is 25.1. The number of rotatable bonds is 8. The molecule has 0 bridgehead atoms. The molecule has 26 heavy (non-hydrogen) atoms. The predicted octanol–water partition coefficient (Wildman–Crippen LogP) is 3.10. The number of hydrogen-bond donors (Lipinski definition) is 2. The molecule has 0 saturated heterocycles. The van der Waals surface area contributed by atoms with Crippen LogP contribution in [-0.4, -0.2) is 45.5 Å². The van der Waals surface area contributed by atoms with E-state index in [9.17, 15) is 12.8 Å². The summed E-state index contributed by atoms with van der Waals surface area (Å²) < 4.78 is 36.0. The fourth-order valence-electron chi connectivity index (χ4n) is 2.29. The zero-order valence-electron chi connectivity index (χ0n) is 16.2. The molecule has 0 saturated carbocycles. The Bertz CT molecular complexity index is 693. The van der Waals surface area contributed by atoms with Gasteiger partial charge in [0.1, 0.15) is 15.7 Å². The van der Waals surface area contributed by atoms with E-state index in [-0.39, 0.29) is 47.0 Å². The van der Waals surface area contributed by atoms with Crippen LogP contribution in [0.3, 0.4) is 0 Å². The molecule has 0 amide bonds. The highest BCUT2D eigenvalue weighted by Gasteiger charge is 2.21. The van der Waals surface area contributed by atoms with Crippen molar-refractivity contribution in [2.24, 2.45) is 4.99 Å². The van der Waals surface area contributed by atoms with E-state index in [1.165, 1.54) is 18.4 Å². The maximum atomic E-state index is 13.5. The highest BCUT2D eigenvalue weighted by atomic mass is 127. The average molecular weight is 499 g/mol. The van der Waals surface area contributed by atoms with Crippen LogP contribution in [-0.2, 0) is 15.3 Å². The maximum absolute atomic E-state index is 13.5. The SMILES string of the molecule is CCNC(=NCC(C)(C)c1cccc(F)c1)NC(C)CCS(C)(=O)=O.I. The van der Waals surface area contributed by atoms with Crippen LogP contribution < -0.4 is 10.6 Å². The third-order valence-corrected chi connectivity index (χ3v) is 4.86. The molecule has 2 N–H and O–H groups in total. The van der Waals surface area contributed by atoms with E-state index in [1.54, 1.807) is 6.07 Å².